The molecule has 0 aliphatic carbocycles. The highest BCUT2D eigenvalue weighted by Gasteiger charge is 2.18. The molecule has 1 N–H and O–H groups in total. The minimum atomic E-state index is 0.810. The molecule has 1 heterocycles. The Balaban J connectivity index is 2.17. The van der Waals surface area contributed by atoms with E-state index in [9.17, 15) is 0 Å². The summed E-state index contributed by atoms with van der Waals surface area (Å²) in [5, 5.41) is 10.5. The fraction of sp³-hybridized carbons (Fsp3) is 1.00. The van der Waals surface area contributed by atoms with E-state index < -0.39 is 0 Å². The first-order valence-electron chi connectivity index (χ1n) is 4.62. The summed E-state index contributed by atoms with van der Waals surface area (Å²) >= 11 is 0. The van der Waals surface area contributed by atoms with E-state index in [4.69, 9.17) is 5.21 Å². The molecule has 1 saturated heterocycles. The zero-order valence-corrected chi connectivity index (χ0v) is 7.58. The fourth-order valence-corrected chi connectivity index (χ4v) is 1.82. The third kappa shape index (κ3) is 3.21. The van der Waals surface area contributed by atoms with E-state index in [2.05, 4.69) is 13.8 Å². The number of hydrogen-bond acceptors (Lipinski definition) is 2. The summed E-state index contributed by atoms with van der Waals surface area (Å²) < 4.78 is 0. The molecule has 0 atom stereocenters. The molecule has 0 saturated carbocycles. The summed E-state index contributed by atoms with van der Waals surface area (Å²) in [6.07, 6.45) is 3.68. The molecule has 0 aromatic heterocycles. The van der Waals surface area contributed by atoms with Gasteiger partial charge in [-0.25, -0.2) is 0 Å². The highest BCUT2D eigenvalue weighted by atomic mass is 16.5. The standard InChI is InChI=1S/C9H19NO/c1-8(2)7-9-3-5-10(11)6-4-9/h8-9,11H,3-7H2,1-2H3. The lowest BCUT2D eigenvalue weighted by Gasteiger charge is -2.28. The first-order chi connectivity index (χ1) is 5.18. The Bertz CT molecular complexity index is 106. The molecule has 11 heavy (non-hydrogen) atoms. The highest BCUT2D eigenvalue weighted by molar-refractivity contribution is 4.68. The molecule has 0 radical (unpaired) electrons. The molecule has 0 aromatic rings. The first-order valence-corrected chi connectivity index (χ1v) is 4.62. The van der Waals surface area contributed by atoms with E-state index in [1.165, 1.54) is 24.3 Å². The quantitative estimate of drug-likeness (QED) is 0.663. The lowest BCUT2D eigenvalue weighted by molar-refractivity contribution is -0.113. The maximum Gasteiger partial charge on any atom is 0.0240 e. The normalized spacial score (nSPS) is 22.9. The van der Waals surface area contributed by atoms with E-state index in [1.807, 2.05) is 0 Å². The third-order valence-electron chi connectivity index (χ3n) is 2.40. The van der Waals surface area contributed by atoms with E-state index >= 15 is 0 Å². The summed E-state index contributed by atoms with van der Waals surface area (Å²) in [4.78, 5) is 0. The van der Waals surface area contributed by atoms with Crippen LogP contribution >= 0.6 is 0 Å². The van der Waals surface area contributed by atoms with Gasteiger partial charge in [-0.1, -0.05) is 13.8 Å². The number of nitrogens with zero attached hydrogens (tertiary/aromatic N) is 1. The lowest BCUT2D eigenvalue weighted by atomic mass is 9.89. The third-order valence-corrected chi connectivity index (χ3v) is 2.40. The van der Waals surface area contributed by atoms with Crippen LogP contribution in [0.1, 0.15) is 33.1 Å². The van der Waals surface area contributed by atoms with Crippen LogP contribution in [0.4, 0.5) is 0 Å². The van der Waals surface area contributed by atoms with Gasteiger partial charge < -0.3 is 5.21 Å². The average Bonchev–Trinajstić information content (AvgIpc) is 1.93. The number of piperidine rings is 1. The van der Waals surface area contributed by atoms with Crippen molar-refractivity contribution in [2.75, 3.05) is 13.1 Å². The van der Waals surface area contributed by atoms with Gasteiger partial charge in [0.15, 0.2) is 0 Å². The molecule has 66 valence electrons. The predicted molar refractivity (Wildman–Crippen MR) is 45.5 cm³/mol. The largest absolute Gasteiger partial charge is 0.314 e. The molecular weight excluding hydrogens is 138 g/mol. The van der Waals surface area contributed by atoms with Crippen LogP contribution in [-0.2, 0) is 0 Å². The predicted octanol–water partition coefficient (Wildman–Crippen LogP) is 2.13. The summed E-state index contributed by atoms with van der Waals surface area (Å²) in [7, 11) is 0. The molecule has 2 heteroatoms. The van der Waals surface area contributed by atoms with Crippen molar-refractivity contribution in [2.45, 2.75) is 33.1 Å². The van der Waals surface area contributed by atoms with Crippen molar-refractivity contribution in [3.63, 3.8) is 0 Å². The first kappa shape index (κ1) is 9.01. The molecule has 2 nitrogen and oxygen atoms in total. The van der Waals surface area contributed by atoms with Crippen molar-refractivity contribution in [1.82, 2.24) is 5.06 Å². The van der Waals surface area contributed by atoms with Gasteiger partial charge in [-0.15, -0.1) is 0 Å². The smallest absolute Gasteiger partial charge is 0.0240 e. The molecule has 1 aliphatic heterocycles. The zero-order valence-electron chi connectivity index (χ0n) is 7.58. The minimum absolute atomic E-state index is 0.810. The molecule has 1 rings (SSSR count). The van der Waals surface area contributed by atoms with Crippen molar-refractivity contribution < 1.29 is 5.21 Å². The second kappa shape index (κ2) is 4.07. The van der Waals surface area contributed by atoms with E-state index in [0.29, 0.717) is 0 Å². The number of hydroxylamine groups is 2. The molecule has 1 aliphatic rings. The Hall–Kier alpha value is -0.0800. The number of hydrogen-bond donors (Lipinski definition) is 1. The Morgan fingerprint density at radius 1 is 1.36 bits per heavy atom. The summed E-state index contributed by atoms with van der Waals surface area (Å²) in [6.45, 7) is 6.28. The van der Waals surface area contributed by atoms with Gasteiger partial charge in [0.25, 0.3) is 0 Å². The number of rotatable bonds is 2. The Labute approximate surface area is 69.2 Å². The van der Waals surface area contributed by atoms with Crippen molar-refractivity contribution in [2.24, 2.45) is 11.8 Å². The highest BCUT2D eigenvalue weighted by Crippen LogP contribution is 2.22. The van der Waals surface area contributed by atoms with Crippen LogP contribution in [0.15, 0.2) is 0 Å². The van der Waals surface area contributed by atoms with Crippen molar-refractivity contribution in [3.8, 4) is 0 Å². The van der Waals surface area contributed by atoms with Gasteiger partial charge in [0, 0.05) is 13.1 Å². The Morgan fingerprint density at radius 3 is 2.36 bits per heavy atom. The topological polar surface area (TPSA) is 23.5 Å². The summed E-state index contributed by atoms with van der Waals surface area (Å²) in [6, 6.07) is 0. The monoisotopic (exact) mass is 157 g/mol. The fourth-order valence-electron chi connectivity index (χ4n) is 1.82. The van der Waals surface area contributed by atoms with E-state index in [-0.39, 0.29) is 0 Å². The van der Waals surface area contributed by atoms with Gasteiger partial charge >= 0.3 is 0 Å². The van der Waals surface area contributed by atoms with Crippen LogP contribution in [0.3, 0.4) is 0 Å². The van der Waals surface area contributed by atoms with Gasteiger partial charge in [0.2, 0.25) is 0 Å². The summed E-state index contributed by atoms with van der Waals surface area (Å²) in [5.74, 6) is 1.67. The average molecular weight is 157 g/mol. The van der Waals surface area contributed by atoms with Crippen molar-refractivity contribution >= 4 is 0 Å². The van der Waals surface area contributed by atoms with Gasteiger partial charge in [-0.2, -0.15) is 5.06 Å². The molecule has 1 fully saturated rings. The van der Waals surface area contributed by atoms with Crippen molar-refractivity contribution in [3.05, 3.63) is 0 Å². The maximum atomic E-state index is 9.09. The van der Waals surface area contributed by atoms with Crippen LogP contribution in [-0.4, -0.2) is 23.4 Å². The van der Waals surface area contributed by atoms with E-state index in [1.54, 1.807) is 0 Å². The van der Waals surface area contributed by atoms with Gasteiger partial charge in [0.05, 0.1) is 0 Å². The molecular formula is C9H19NO. The lowest BCUT2D eigenvalue weighted by Crippen LogP contribution is -2.31. The van der Waals surface area contributed by atoms with Gasteiger partial charge in [-0.05, 0) is 31.1 Å². The Morgan fingerprint density at radius 2 is 1.91 bits per heavy atom. The molecule has 0 bridgehead atoms. The second-order valence-corrected chi connectivity index (χ2v) is 4.03. The minimum Gasteiger partial charge on any atom is -0.314 e. The molecule has 0 amide bonds. The summed E-state index contributed by atoms with van der Waals surface area (Å²) in [5.41, 5.74) is 0. The SMILES string of the molecule is CC(C)CC1CCN(O)CC1. The maximum absolute atomic E-state index is 9.09. The van der Waals surface area contributed by atoms with Gasteiger partial charge in [-0.3, -0.25) is 0 Å². The van der Waals surface area contributed by atoms with E-state index in [0.717, 1.165) is 24.9 Å². The zero-order chi connectivity index (χ0) is 8.27. The van der Waals surface area contributed by atoms with Crippen LogP contribution in [0.5, 0.6) is 0 Å². The second-order valence-electron chi connectivity index (χ2n) is 4.03. The van der Waals surface area contributed by atoms with Crippen LogP contribution in [0.2, 0.25) is 0 Å². The Kier molecular flexibility index (Phi) is 3.34. The van der Waals surface area contributed by atoms with Crippen LogP contribution < -0.4 is 0 Å². The van der Waals surface area contributed by atoms with Crippen LogP contribution in [0, 0.1) is 11.8 Å². The molecule has 0 aromatic carbocycles. The van der Waals surface area contributed by atoms with Crippen molar-refractivity contribution in [1.29, 1.82) is 0 Å². The molecule has 0 spiro atoms. The van der Waals surface area contributed by atoms with Crippen LogP contribution in [0.25, 0.3) is 0 Å². The molecule has 0 unspecified atom stereocenters. The van der Waals surface area contributed by atoms with Gasteiger partial charge in [0.1, 0.15) is 0 Å².